The maximum atomic E-state index is 11.2. The van der Waals surface area contributed by atoms with E-state index in [9.17, 15) is 9.59 Å². The number of thioether (sulfide) groups is 1. The van der Waals surface area contributed by atoms with Gasteiger partial charge in [-0.15, -0.1) is 11.8 Å². The first-order valence-electron chi connectivity index (χ1n) is 4.24. The first-order chi connectivity index (χ1) is 6.63. The molecular formula is C8H12O5S. The molecular weight excluding hydrogens is 208 g/mol. The van der Waals surface area contributed by atoms with Gasteiger partial charge >= 0.3 is 11.9 Å². The zero-order chi connectivity index (χ0) is 10.6. The minimum absolute atomic E-state index is 0.317. The molecule has 0 aliphatic carbocycles. The summed E-state index contributed by atoms with van der Waals surface area (Å²) in [5, 5.41) is 0. The van der Waals surface area contributed by atoms with Crippen LogP contribution in [-0.4, -0.2) is 36.0 Å². The van der Waals surface area contributed by atoms with E-state index in [2.05, 4.69) is 0 Å². The highest BCUT2D eigenvalue weighted by atomic mass is 32.2. The Morgan fingerprint density at radius 3 is 2.86 bits per heavy atom. The summed E-state index contributed by atoms with van der Waals surface area (Å²) in [6.45, 7) is 3.34. The Bertz CT molecular complexity index is 230. The van der Waals surface area contributed by atoms with E-state index >= 15 is 0 Å². The van der Waals surface area contributed by atoms with Crippen LogP contribution in [0.5, 0.6) is 0 Å². The van der Waals surface area contributed by atoms with Gasteiger partial charge in [0.2, 0.25) is 11.7 Å². The van der Waals surface area contributed by atoms with Crippen LogP contribution in [0.1, 0.15) is 13.8 Å². The molecule has 0 aromatic rings. The van der Waals surface area contributed by atoms with Gasteiger partial charge in [-0.25, -0.2) is 4.79 Å². The van der Waals surface area contributed by atoms with Crippen LogP contribution in [0.3, 0.4) is 0 Å². The predicted molar refractivity (Wildman–Crippen MR) is 49.5 cm³/mol. The molecule has 0 spiro atoms. The third-order valence-corrected chi connectivity index (χ3v) is 2.51. The first kappa shape index (κ1) is 11.3. The Balaban J connectivity index is 2.33. The van der Waals surface area contributed by atoms with Crippen LogP contribution in [-0.2, 0) is 23.8 Å². The van der Waals surface area contributed by atoms with Crippen LogP contribution in [0, 0.1) is 0 Å². The van der Waals surface area contributed by atoms with Crippen molar-refractivity contribution < 1.29 is 23.8 Å². The van der Waals surface area contributed by atoms with Gasteiger partial charge in [0.15, 0.2) is 0 Å². The predicted octanol–water partition coefficient (Wildman–Crippen LogP) is 0.528. The van der Waals surface area contributed by atoms with E-state index in [0.29, 0.717) is 12.4 Å². The molecule has 0 unspecified atom stereocenters. The topological polar surface area (TPSA) is 61.8 Å². The quantitative estimate of drug-likeness (QED) is 0.646. The maximum absolute atomic E-state index is 11.2. The standard InChI is InChI=1S/C8H12O5S/c1-3-11-7(10)8-13-6(4-14-8)12-5(2)9/h6,8H,3-4H2,1-2H3/t6-,8+/m0/s1. The van der Waals surface area contributed by atoms with Crippen molar-refractivity contribution in [1.29, 1.82) is 0 Å². The van der Waals surface area contributed by atoms with Crippen molar-refractivity contribution in [3.05, 3.63) is 0 Å². The molecule has 1 heterocycles. The molecule has 0 radical (unpaired) electrons. The van der Waals surface area contributed by atoms with Crippen molar-refractivity contribution in [3.8, 4) is 0 Å². The molecule has 0 saturated carbocycles. The van der Waals surface area contributed by atoms with Crippen LogP contribution >= 0.6 is 11.8 Å². The zero-order valence-corrected chi connectivity index (χ0v) is 8.83. The second-order valence-corrected chi connectivity index (χ2v) is 3.69. The van der Waals surface area contributed by atoms with Crippen LogP contribution in [0.2, 0.25) is 0 Å². The van der Waals surface area contributed by atoms with Gasteiger partial charge in [-0.05, 0) is 6.92 Å². The minimum atomic E-state index is -0.667. The monoisotopic (exact) mass is 220 g/mol. The molecule has 0 aromatic carbocycles. The molecule has 5 nitrogen and oxygen atoms in total. The average molecular weight is 220 g/mol. The number of carbonyl (C=O) groups excluding carboxylic acids is 2. The SMILES string of the molecule is CCOC(=O)[C@@H]1O[C@H](OC(C)=O)CS1. The van der Waals surface area contributed by atoms with Gasteiger partial charge in [-0.1, -0.05) is 0 Å². The minimum Gasteiger partial charge on any atom is -0.463 e. The highest BCUT2D eigenvalue weighted by molar-refractivity contribution is 8.00. The van der Waals surface area contributed by atoms with Crippen molar-refractivity contribution in [1.82, 2.24) is 0 Å². The second-order valence-electron chi connectivity index (χ2n) is 2.59. The fourth-order valence-corrected chi connectivity index (χ4v) is 1.85. The number of esters is 2. The third-order valence-electron chi connectivity index (χ3n) is 1.44. The molecule has 0 bridgehead atoms. The lowest BCUT2D eigenvalue weighted by Gasteiger charge is -2.10. The molecule has 2 atom stereocenters. The van der Waals surface area contributed by atoms with Gasteiger partial charge < -0.3 is 14.2 Å². The molecule has 6 heteroatoms. The summed E-state index contributed by atoms with van der Waals surface area (Å²) in [7, 11) is 0. The van der Waals surface area contributed by atoms with E-state index in [1.807, 2.05) is 0 Å². The normalized spacial score (nSPS) is 25.9. The lowest BCUT2D eigenvalue weighted by molar-refractivity contribution is -0.179. The van der Waals surface area contributed by atoms with Crippen LogP contribution in [0.15, 0.2) is 0 Å². The van der Waals surface area contributed by atoms with Gasteiger partial charge in [0, 0.05) is 6.92 Å². The zero-order valence-electron chi connectivity index (χ0n) is 8.02. The third kappa shape index (κ3) is 3.19. The summed E-state index contributed by atoms with van der Waals surface area (Å²) < 4.78 is 14.7. The van der Waals surface area contributed by atoms with Crippen molar-refractivity contribution in [3.63, 3.8) is 0 Å². The van der Waals surface area contributed by atoms with E-state index in [-0.39, 0.29) is 0 Å². The molecule has 0 amide bonds. The highest BCUT2D eigenvalue weighted by Crippen LogP contribution is 2.26. The number of hydrogen-bond donors (Lipinski definition) is 0. The van der Waals surface area contributed by atoms with E-state index in [0.717, 1.165) is 0 Å². The van der Waals surface area contributed by atoms with E-state index in [1.165, 1.54) is 18.7 Å². The largest absolute Gasteiger partial charge is 0.463 e. The molecule has 1 fully saturated rings. The van der Waals surface area contributed by atoms with Crippen LogP contribution < -0.4 is 0 Å². The first-order valence-corrected chi connectivity index (χ1v) is 5.29. The molecule has 1 rings (SSSR count). The lowest BCUT2D eigenvalue weighted by Crippen LogP contribution is -2.24. The Morgan fingerprint density at radius 2 is 2.29 bits per heavy atom. The maximum Gasteiger partial charge on any atom is 0.345 e. The molecule has 80 valence electrons. The van der Waals surface area contributed by atoms with Crippen molar-refractivity contribution in [2.75, 3.05) is 12.4 Å². The molecule has 1 aliphatic rings. The highest BCUT2D eigenvalue weighted by Gasteiger charge is 2.34. The van der Waals surface area contributed by atoms with Gasteiger partial charge in [-0.2, -0.15) is 0 Å². The molecule has 0 N–H and O–H groups in total. The Labute approximate surface area is 86.1 Å². The van der Waals surface area contributed by atoms with E-state index in [4.69, 9.17) is 14.2 Å². The lowest BCUT2D eigenvalue weighted by atomic mass is 10.6. The Hall–Kier alpha value is -0.750. The van der Waals surface area contributed by atoms with Crippen molar-refractivity contribution in [2.24, 2.45) is 0 Å². The average Bonchev–Trinajstić information content (AvgIpc) is 2.52. The van der Waals surface area contributed by atoms with E-state index < -0.39 is 23.7 Å². The van der Waals surface area contributed by atoms with Gasteiger partial charge in [-0.3, -0.25) is 4.79 Å². The number of rotatable bonds is 3. The van der Waals surface area contributed by atoms with Crippen LogP contribution in [0.4, 0.5) is 0 Å². The van der Waals surface area contributed by atoms with Crippen molar-refractivity contribution >= 4 is 23.7 Å². The summed E-state index contributed by atoms with van der Waals surface area (Å²) in [5.74, 6) is -0.379. The second kappa shape index (κ2) is 5.21. The summed E-state index contributed by atoms with van der Waals surface area (Å²) in [5.41, 5.74) is -0.667. The number of ether oxygens (including phenoxy) is 3. The fraction of sp³-hybridized carbons (Fsp3) is 0.750. The van der Waals surface area contributed by atoms with E-state index in [1.54, 1.807) is 6.92 Å². The number of carbonyl (C=O) groups is 2. The Morgan fingerprint density at radius 1 is 1.57 bits per heavy atom. The molecule has 14 heavy (non-hydrogen) atoms. The molecule has 1 saturated heterocycles. The van der Waals surface area contributed by atoms with Gasteiger partial charge in [0.25, 0.3) is 0 Å². The molecule has 1 aliphatic heterocycles. The summed E-state index contributed by atoms with van der Waals surface area (Å²) >= 11 is 1.27. The summed E-state index contributed by atoms with van der Waals surface area (Å²) in [4.78, 5) is 21.7. The fourth-order valence-electron chi connectivity index (χ4n) is 0.963. The van der Waals surface area contributed by atoms with Crippen molar-refractivity contribution in [2.45, 2.75) is 25.6 Å². The Kier molecular flexibility index (Phi) is 4.21. The van der Waals surface area contributed by atoms with Crippen LogP contribution in [0.25, 0.3) is 0 Å². The molecule has 0 aromatic heterocycles. The van der Waals surface area contributed by atoms with Gasteiger partial charge in [0.05, 0.1) is 12.4 Å². The number of hydrogen-bond acceptors (Lipinski definition) is 6. The summed E-state index contributed by atoms with van der Waals surface area (Å²) in [6.07, 6.45) is -0.632. The summed E-state index contributed by atoms with van der Waals surface area (Å²) in [6, 6.07) is 0. The smallest absolute Gasteiger partial charge is 0.345 e. The van der Waals surface area contributed by atoms with Gasteiger partial charge in [0.1, 0.15) is 0 Å².